The molecule has 2 aromatic rings. The Bertz CT molecular complexity index is 824. The zero-order valence-electron chi connectivity index (χ0n) is 12.8. The van der Waals surface area contributed by atoms with Crippen LogP contribution in [0.2, 0.25) is 0 Å². The van der Waals surface area contributed by atoms with Gasteiger partial charge in [0.25, 0.3) is 0 Å². The van der Waals surface area contributed by atoms with E-state index < -0.39 is 9.84 Å². The highest BCUT2D eigenvalue weighted by atomic mass is 32.2. The van der Waals surface area contributed by atoms with Crippen LogP contribution in [0.5, 0.6) is 0 Å². The van der Waals surface area contributed by atoms with Crippen LogP contribution in [0.15, 0.2) is 30.3 Å². The third kappa shape index (κ3) is 3.85. The lowest BCUT2D eigenvalue weighted by molar-refractivity contribution is 0.595. The van der Waals surface area contributed by atoms with Gasteiger partial charge in [0, 0.05) is 12.1 Å². The summed E-state index contributed by atoms with van der Waals surface area (Å²) in [5, 5.41) is 11.4. The first-order valence-corrected chi connectivity index (χ1v) is 9.30. The first-order valence-electron chi connectivity index (χ1n) is 7.47. The van der Waals surface area contributed by atoms with Gasteiger partial charge in [-0.3, -0.25) is 0 Å². The van der Waals surface area contributed by atoms with Crippen LogP contribution < -0.4 is 5.32 Å². The molecule has 122 valence electrons. The maximum Gasteiger partial charge on any atom is 0.151 e. The predicted molar refractivity (Wildman–Crippen MR) is 87.4 cm³/mol. The summed E-state index contributed by atoms with van der Waals surface area (Å²) in [6.45, 7) is 2.46. The molecular weight excluding hydrogens is 317 g/mol. The van der Waals surface area contributed by atoms with Crippen molar-refractivity contribution >= 4 is 15.7 Å². The maximum absolute atomic E-state index is 13.3. The van der Waals surface area contributed by atoms with E-state index in [9.17, 15) is 12.8 Å². The van der Waals surface area contributed by atoms with Crippen molar-refractivity contribution in [3.63, 3.8) is 0 Å². The zero-order chi connectivity index (χ0) is 16.4. The molecule has 0 aliphatic carbocycles. The van der Waals surface area contributed by atoms with Gasteiger partial charge in [-0.2, -0.15) is 0 Å². The fraction of sp³-hybridized carbons (Fsp3) is 0.375. The highest BCUT2D eigenvalue weighted by molar-refractivity contribution is 7.91. The summed E-state index contributed by atoms with van der Waals surface area (Å²) in [6.07, 6.45) is 0.684. The van der Waals surface area contributed by atoms with Crippen molar-refractivity contribution in [2.24, 2.45) is 5.92 Å². The van der Waals surface area contributed by atoms with E-state index in [-0.39, 0.29) is 23.2 Å². The smallest absolute Gasteiger partial charge is 0.151 e. The molecule has 7 heteroatoms. The summed E-state index contributed by atoms with van der Waals surface area (Å²) >= 11 is 0. The predicted octanol–water partition coefficient (Wildman–Crippen LogP) is 2.44. The molecule has 0 saturated carbocycles. The molecule has 1 aromatic heterocycles. The van der Waals surface area contributed by atoms with Gasteiger partial charge in [0.15, 0.2) is 15.7 Å². The van der Waals surface area contributed by atoms with Crippen LogP contribution in [-0.4, -0.2) is 36.7 Å². The molecule has 23 heavy (non-hydrogen) atoms. The standard InChI is InChI=1S/C16H18FN3O2S/c1-11-7-15(13-3-2-4-14(17)8-13)19-20-16(11)18-9-12-5-6-23(21,22)10-12/h2-4,7-8,12H,5-6,9-10H2,1H3,(H,18,20). The van der Waals surface area contributed by atoms with Crippen molar-refractivity contribution < 1.29 is 12.8 Å². The first kappa shape index (κ1) is 15.9. The van der Waals surface area contributed by atoms with E-state index in [1.807, 2.05) is 13.0 Å². The molecule has 1 unspecified atom stereocenters. The lowest BCUT2D eigenvalue weighted by atomic mass is 10.1. The normalized spacial score (nSPS) is 19.7. The molecule has 1 aliphatic rings. The second-order valence-corrected chi connectivity index (χ2v) is 8.15. The number of benzene rings is 1. The van der Waals surface area contributed by atoms with Crippen LogP contribution in [0, 0.1) is 18.7 Å². The van der Waals surface area contributed by atoms with E-state index in [1.165, 1.54) is 12.1 Å². The van der Waals surface area contributed by atoms with E-state index >= 15 is 0 Å². The van der Waals surface area contributed by atoms with Crippen LogP contribution >= 0.6 is 0 Å². The molecule has 3 rings (SSSR count). The van der Waals surface area contributed by atoms with Crippen molar-refractivity contribution in [3.05, 3.63) is 41.7 Å². The topological polar surface area (TPSA) is 72.0 Å². The summed E-state index contributed by atoms with van der Waals surface area (Å²) < 4.78 is 36.2. The highest BCUT2D eigenvalue weighted by Gasteiger charge is 2.27. The van der Waals surface area contributed by atoms with Gasteiger partial charge in [-0.05, 0) is 43.0 Å². The number of rotatable bonds is 4. The quantitative estimate of drug-likeness (QED) is 0.929. The van der Waals surface area contributed by atoms with Crippen molar-refractivity contribution in [2.45, 2.75) is 13.3 Å². The third-order valence-corrected chi connectivity index (χ3v) is 5.83. The van der Waals surface area contributed by atoms with Crippen LogP contribution in [0.1, 0.15) is 12.0 Å². The van der Waals surface area contributed by atoms with E-state index in [0.29, 0.717) is 30.0 Å². The fourth-order valence-electron chi connectivity index (χ4n) is 2.72. The Morgan fingerprint density at radius 2 is 2.13 bits per heavy atom. The Morgan fingerprint density at radius 1 is 1.30 bits per heavy atom. The van der Waals surface area contributed by atoms with Crippen LogP contribution in [-0.2, 0) is 9.84 Å². The summed E-state index contributed by atoms with van der Waals surface area (Å²) in [6, 6.07) is 8.06. The number of nitrogens with one attached hydrogen (secondary N) is 1. The molecule has 0 bridgehead atoms. The molecule has 1 aromatic carbocycles. The minimum absolute atomic E-state index is 0.115. The molecular formula is C16H18FN3O2S. The molecule has 1 saturated heterocycles. The summed E-state index contributed by atoms with van der Waals surface area (Å²) in [5.41, 5.74) is 2.17. The molecule has 5 nitrogen and oxygen atoms in total. The number of nitrogens with zero attached hydrogens (tertiary/aromatic N) is 2. The molecule has 2 heterocycles. The van der Waals surface area contributed by atoms with Gasteiger partial charge < -0.3 is 5.32 Å². The molecule has 1 fully saturated rings. The van der Waals surface area contributed by atoms with Gasteiger partial charge in [0.1, 0.15) is 5.82 Å². The number of hydrogen-bond donors (Lipinski definition) is 1. The third-order valence-electron chi connectivity index (χ3n) is 3.99. The van der Waals surface area contributed by atoms with Crippen molar-refractivity contribution in [1.29, 1.82) is 0 Å². The summed E-state index contributed by atoms with van der Waals surface area (Å²) in [7, 11) is -2.87. The van der Waals surface area contributed by atoms with Gasteiger partial charge >= 0.3 is 0 Å². The fourth-order valence-corrected chi connectivity index (χ4v) is 4.58. The summed E-state index contributed by atoms with van der Waals surface area (Å²) in [4.78, 5) is 0. The lowest BCUT2D eigenvalue weighted by Gasteiger charge is -2.12. The number of aromatic nitrogens is 2. The molecule has 0 spiro atoms. The monoisotopic (exact) mass is 335 g/mol. The van der Waals surface area contributed by atoms with Crippen molar-refractivity contribution in [1.82, 2.24) is 10.2 Å². The van der Waals surface area contributed by atoms with Gasteiger partial charge in [-0.15, -0.1) is 10.2 Å². The lowest BCUT2D eigenvalue weighted by Crippen LogP contribution is -2.17. The largest absolute Gasteiger partial charge is 0.368 e. The molecule has 0 amide bonds. The van der Waals surface area contributed by atoms with Crippen LogP contribution in [0.4, 0.5) is 10.2 Å². The van der Waals surface area contributed by atoms with E-state index in [4.69, 9.17) is 0 Å². The van der Waals surface area contributed by atoms with Crippen molar-refractivity contribution in [2.75, 3.05) is 23.4 Å². The number of halogens is 1. The van der Waals surface area contributed by atoms with Gasteiger partial charge in [-0.1, -0.05) is 12.1 Å². The van der Waals surface area contributed by atoms with E-state index in [0.717, 1.165) is 5.56 Å². The SMILES string of the molecule is Cc1cc(-c2cccc(F)c2)nnc1NCC1CCS(=O)(=O)C1. The average Bonchev–Trinajstić information content (AvgIpc) is 2.85. The van der Waals surface area contributed by atoms with Gasteiger partial charge in [0.2, 0.25) is 0 Å². The number of aryl methyl sites for hydroxylation is 1. The van der Waals surface area contributed by atoms with E-state index in [1.54, 1.807) is 12.1 Å². The average molecular weight is 335 g/mol. The molecule has 1 atom stereocenters. The van der Waals surface area contributed by atoms with Crippen LogP contribution in [0.25, 0.3) is 11.3 Å². The highest BCUT2D eigenvalue weighted by Crippen LogP contribution is 2.22. The Balaban J connectivity index is 1.70. The summed E-state index contributed by atoms with van der Waals surface area (Å²) in [5.74, 6) is 0.932. The minimum atomic E-state index is -2.87. The second-order valence-electron chi connectivity index (χ2n) is 5.92. The zero-order valence-corrected chi connectivity index (χ0v) is 13.6. The Kier molecular flexibility index (Phi) is 4.30. The number of hydrogen-bond acceptors (Lipinski definition) is 5. The molecule has 1 N–H and O–H groups in total. The Labute approximate surface area is 134 Å². The second kappa shape index (κ2) is 6.23. The number of sulfone groups is 1. The van der Waals surface area contributed by atoms with Gasteiger partial charge in [-0.25, -0.2) is 12.8 Å². The minimum Gasteiger partial charge on any atom is -0.368 e. The molecule has 0 radical (unpaired) electrons. The van der Waals surface area contributed by atoms with Crippen LogP contribution in [0.3, 0.4) is 0 Å². The maximum atomic E-state index is 13.3. The number of anilines is 1. The van der Waals surface area contributed by atoms with Gasteiger partial charge in [0.05, 0.1) is 17.2 Å². The Morgan fingerprint density at radius 3 is 2.78 bits per heavy atom. The Hall–Kier alpha value is -2.02. The van der Waals surface area contributed by atoms with E-state index in [2.05, 4.69) is 15.5 Å². The molecule has 1 aliphatic heterocycles. The first-order chi connectivity index (χ1) is 10.9. The van der Waals surface area contributed by atoms with Crippen molar-refractivity contribution in [3.8, 4) is 11.3 Å².